The van der Waals surface area contributed by atoms with Crippen LogP contribution in [0.4, 0.5) is 0 Å². The molecule has 0 saturated heterocycles. The summed E-state index contributed by atoms with van der Waals surface area (Å²) in [6, 6.07) is 5.28. The van der Waals surface area contributed by atoms with Gasteiger partial charge in [-0.05, 0) is 45.2 Å². The van der Waals surface area contributed by atoms with Crippen molar-refractivity contribution in [1.29, 1.82) is 0 Å². The van der Waals surface area contributed by atoms with Crippen LogP contribution >= 0.6 is 0 Å². The van der Waals surface area contributed by atoms with Crippen molar-refractivity contribution in [3.63, 3.8) is 0 Å². The van der Waals surface area contributed by atoms with Gasteiger partial charge in [-0.1, -0.05) is 0 Å². The van der Waals surface area contributed by atoms with E-state index in [2.05, 4.69) is 12.2 Å². The summed E-state index contributed by atoms with van der Waals surface area (Å²) in [5.74, 6) is 2.00. The highest BCUT2D eigenvalue weighted by atomic mass is 16.3. The van der Waals surface area contributed by atoms with Crippen LogP contribution in [0.1, 0.15) is 43.7 Å². The van der Waals surface area contributed by atoms with Crippen LogP contribution in [-0.2, 0) is 0 Å². The molecule has 1 aromatic rings. The van der Waals surface area contributed by atoms with E-state index in [1.165, 1.54) is 6.42 Å². The van der Waals surface area contributed by atoms with Crippen LogP contribution in [0.5, 0.6) is 0 Å². The summed E-state index contributed by atoms with van der Waals surface area (Å²) in [6.45, 7) is 4.11. The highest BCUT2D eigenvalue weighted by Gasteiger charge is 2.23. The third-order valence-corrected chi connectivity index (χ3v) is 3.15. The van der Waals surface area contributed by atoms with E-state index in [4.69, 9.17) is 10.2 Å². The van der Waals surface area contributed by atoms with Gasteiger partial charge < -0.3 is 15.5 Å². The second-order valence-corrected chi connectivity index (χ2v) is 4.61. The highest BCUT2D eigenvalue weighted by Crippen LogP contribution is 2.22. The predicted molar refractivity (Wildman–Crippen MR) is 60.6 cm³/mol. The number of nitrogens with two attached hydrogens (primary N) is 1. The highest BCUT2D eigenvalue weighted by molar-refractivity contribution is 5.09. The van der Waals surface area contributed by atoms with Crippen molar-refractivity contribution in [2.45, 2.75) is 51.2 Å². The first-order chi connectivity index (χ1) is 7.15. The summed E-state index contributed by atoms with van der Waals surface area (Å²) >= 11 is 0. The number of hydrogen-bond donors (Lipinski definition) is 2. The van der Waals surface area contributed by atoms with Crippen LogP contribution in [-0.4, -0.2) is 12.1 Å². The number of nitrogens with one attached hydrogen (secondary N) is 1. The van der Waals surface area contributed by atoms with E-state index in [0.29, 0.717) is 12.1 Å². The largest absolute Gasteiger partial charge is 0.465 e. The predicted octanol–water partition coefficient (Wildman–Crippen LogP) is 2.12. The van der Waals surface area contributed by atoms with E-state index in [0.717, 1.165) is 24.4 Å². The molecular weight excluding hydrogens is 188 g/mol. The molecule has 1 aromatic heterocycles. The Balaban J connectivity index is 1.89. The summed E-state index contributed by atoms with van der Waals surface area (Å²) in [5.41, 5.74) is 5.88. The first kappa shape index (κ1) is 10.7. The van der Waals surface area contributed by atoms with Gasteiger partial charge in [-0.15, -0.1) is 0 Å². The molecule has 84 valence electrons. The molecule has 3 nitrogen and oxygen atoms in total. The zero-order valence-corrected chi connectivity index (χ0v) is 9.49. The Morgan fingerprint density at radius 2 is 2.27 bits per heavy atom. The Bertz CT molecular complexity index is 321. The molecule has 1 aliphatic rings. The molecule has 0 amide bonds. The zero-order valence-electron chi connectivity index (χ0n) is 9.49. The van der Waals surface area contributed by atoms with E-state index >= 15 is 0 Å². The molecule has 15 heavy (non-hydrogen) atoms. The Morgan fingerprint density at radius 3 is 2.80 bits per heavy atom. The van der Waals surface area contributed by atoms with Crippen molar-refractivity contribution in [2.24, 2.45) is 5.73 Å². The second-order valence-electron chi connectivity index (χ2n) is 4.61. The van der Waals surface area contributed by atoms with E-state index < -0.39 is 0 Å². The van der Waals surface area contributed by atoms with Gasteiger partial charge in [-0.2, -0.15) is 0 Å². The van der Waals surface area contributed by atoms with Gasteiger partial charge >= 0.3 is 0 Å². The lowest BCUT2D eigenvalue weighted by Crippen LogP contribution is -2.30. The molecule has 3 unspecified atom stereocenters. The van der Waals surface area contributed by atoms with Crippen LogP contribution in [0.25, 0.3) is 0 Å². The van der Waals surface area contributed by atoms with Crippen molar-refractivity contribution in [1.82, 2.24) is 5.32 Å². The molecule has 1 fully saturated rings. The second kappa shape index (κ2) is 4.37. The van der Waals surface area contributed by atoms with E-state index in [1.807, 2.05) is 19.1 Å². The third kappa shape index (κ3) is 2.61. The monoisotopic (exact) mass is 208 g/mol. The third-order valence-electron chi connectivity index (χ3n) is 3.15. The molecule has 0 bridgehead atoms. The van der Waals surface area contributed by atoms with Crippen LogP contribution in [0.15, 0.2) is 16.5 Å². The number of rotatable bonds is 3. The van der Waals surface area contributed by atoms with Gasteiger partial charge in [0, 0.05) is 12.1 Å². The van der Waals surface area contributed by atoms with Crippen LogP contribution in [0, 0.1) is 6.92 Å². The Kier molecular flexibility index (Phi) is 3.12. The molecule has 0 aliphatic heterocycles. The molecular formula is C12H20N2O. The maximum atomic E-state index is 5.88. The number of hydrogen-bond acceptors (Lipinski definition) is 3. The maximum absolute atomic E-state index is 5.88. The van der Waals surface area contributed by atoms with Gasteiger partial charge in [0.25, 0.3) is 0 Å². The van der Waals surface area contributed by atoms with Crippen LogP contribution < -0.4 is 11.1 Å². The summed E-state index contributed by atoms with van der Waals surface area (Å²) in [5, 5.41) is 3.57. The minimum atomic E-state index is 0.286. The van der Waals surface area contributed by atoms with Crippen molar-refractivity contribution in [2.75, 3.05) is 0 Å². The molecule has 3 atom stereocenters. The minimum Gasteiger partial charge on any atom is -0.465 e. The summed E-state index contributed by atoms with van der Waals surface area (Å²) in [7, 11) is 0. The molecule has 0 radical (unpaired) electrons. The van der Waals surface area contributed by atoms with Gasteiger partial charge in [-0.25, -0.2) is 0 Å². The molecule has 1 saturated carbocycles. The molecule has 0 aromatic carbocycles. The standard InChI is InChI=1S/C12H20N2O/c1-8-3-6-12(15-8)9(2)14-11-5-4-10(13)7-11/h3,6,9-11,14H,4-5,7,13H2,1-2H3. The molecule has 2 rings (SSSR count). The zero-order chi connectivity index (χ0) is 10.8. The number of furan rings is 1. The maximum Gasteiger partial charge on any atom is 0.120 e. The lowest BCUT2D eigenvalue weighted by molar-refractivity contribution is 0.380. The van der Waals surface area contributed by atoms with Gasteiger partial charge in [0.05, 0.1) is 6.04 Å². The molecule has 3 heteroatoms. The van der Waals surface area contributed by atoms with Gasteiger partial charge in [0.2, 0.25) is 0 Å². The van der Waals surface area contributed by atoms with Crippen molar-refractivity contribution < 1.29 is 4.42 Å². The van der Waals surface area contributed by atoms with Crippen molar-refractivity contribution in [3.8, 4) is 0 Å². The number of aryl methyl sites for hydroxylation is 1. The molecule has 1 heterocycles. The lowest BCUT2D eigenvalue weighted by atomic mass is 10.2. The molecule has 3 N–H and O–H groups in total. The smallest absolute Gasteiger partial charge is 0.120 e. The van der Waals surface area contributed by atoms with Crippen molar-refractivity contribution >= 4 is 0 Å². The SMILES string of the molecule is Cc1ccc(C(C)NC2CCC(N)C2)o1. The van der Waals surface area contributed by atoms with Gasteiger partial charge in [-0.3, -0.25) is 0 Å². The summed E-state index contributed by atoms with van der Waals surface area (Å²) in [6.07, 6.45) is 3.41. The Morgan fingerprint density at radius 1 is 1.47 bits per heavy atom. The topological polar surface area (TPSA) is 51.2 Å². The van der Waals surface area contributed by atoms with E-state index in [1.54, 1.807) is 0 Å². The average Bonchev–Trinajstić information content (AvgIpc) is 2.75. The minimum absolute atomic E-state index is 0.286. The summed E-state index contributed by atoms with van der Waals surface area (Å²) in [4.78, 5) is 0. The lowest BCUT2D eigenvalue weighted by Gasteiger charge is -2.17. The van der Waals surface area contributed by atoms with E-state index in [9.17, 15) is 0 Å². The molecule has 1 aliphatic carbocycles. The van der Waals surface area contributed by atoms with Crippen molar-refractivity contribution in [3.05, 3.63) is 23.7 Å². The van der Waals surface area contributed by atoms with E-state index in [-0.39, 0.29) is 6.04 Å². The fourth-order valence-electron chi connectivity index (χ4n) is 2.29. The molecule has 0 spiro atoms. The van der Waals surface area contributed by atoms with Crippen LogP contribution in [0.3, 0.4) is 0 Å². The summed E-state index contributed by atoms with van der Waals surface area (Å²) < 4.78 is 5.59. The average molecular weight is 208 g/mol. The Labute approximate surface area is 91.0 Å². The first-order valence-electron chi connectivity index (χ1n) is 5.73. The van der Waals surface area contributed by atoms with Gasteiger partial charge in [0.15, 0.2) is 0 Å². The first-order valence-corrected chi connectivity index (χ1v) is 5.73. The van der Waals surface area contributed by atoms with Crippen LogP contribution in [0.2, 0.25) is 0 Å². The normalized spacial score (nSPS) is 28.2. The van der Waals surface area contributed by atoms with Gasteiger partial charge in [0.1, 0.15) is 11.5 Å². The fraction of sp³-hybridized carbons (Fsp3) is 0.667. The fourth-order valence-corrected chi connectivity index (χ4v) is 2.29. The quantitative estimate of drug-likeness (QED) is 0.800. The Hall–Kier alpha value is -0.800.